The van der Waals surface area contributed by atoms with E-state index in [-0.39, 0.29) is 29.1 Å². The monoisotopic (exact) mass is 365 g/mol. The van der Waals surface area contributed by atoms with Crippen LogP contribution in [0.2, 0.25) is 0 Å². The van der Waals surface area contributed by atoms with Crippen molar-refractivity contribution in [2.24, 2.45) is 0 Å². The summed E-state index contributed by atoms with van der Waals surface area (Å²) in [5, 5.41) is 14.1. The van der Waals surface area contributed by atoms with Gasteiger partial charge in [-0.15, -0.1) is 12.4 Å². The van der Waals surface area contributed by atoms with Crippen molar-refractivity contribution in [1.82, 2.24) is 0 Å². The Labute approximate surface area is 156 Å². The molecule has 2 nitrogen and oxygen atoms in total. The number of aromatic hydroxyl groups is 1. The first-order valence-corrected chi connectivity index (χ1v) is 8.35. The Kier molecular flexibility index (Phi) is 6.52. The van der Waals surface area contributed by atoms with Gasteiger partial charge in [-0.1, -0.05) is 53.7 Å². The predicted octanol–water partition coefficient (Wildman–Crippen LogP) is 6.16. The molecule has 0 fully saturated rings. The van der Waals surface area contributed by atoms with E-state index in [9.17, 15) is 9.50 Å². The van der Waals surface area contributed by atoms with Crippen molar-refractivity contribution in [3.8, 4) is 5.75 Å². The molecule has 0 amide bonds. The van der Waals surface area contributed by atoms with E-state index in [1.807, 2.05) is 12.1 Å². The molecular formula is C21H29ClFNO. The molecule has 25 heavy (non-hydrogen) atoms. The molecule has 138 valence electrons. The standard InChI is InChI=1S/C21H28FNO.ClH/c1-20(2,3)17-11-16(12-18(19(17)24)21(4,5)6)23-13-14-7-9-15(22)10-8-14;/h7-12,23-24H,13H2,1-6H3;1H. The van der Waals surface area contributed by atoms with Gasteiger partial charge in [-0.05, 0) is 40.7 Å². The van der Waals surface area contributed by atoms with Crippen LogP contribution in [-0.4, -0.2) is 5.11 Å². The van der Waals surface area contributed by atoms with Gasteiger partial charge in [0.2, 0.25) is 0 Å². The molecule has 0 unspecified atom stereocenters. The summed E-state index contributed by atoms with van der Waals surface area (Å²) in [7, 11) is 0. The van der Waals surface area contributed by atoms with E-state index >= 15 is 0 Å². The summed E-state index contributed by atoms with van der Waals surface area (Å²) in [6.45, 7) is 13.2. The number of rotatable bonds is 3. The molecule has 2 rings (SSSR count). The van der Waals surface area contributed by atoms with Gasteiger partial charge in [0.15, 0.2) is 0 Å². The Bertz CT molecular complexity index is 677. The third kappa shape index (κ3) is 5.37. The number of nitrogens with one attached hydrogen (secondary N) is 1. The van der Waals surface area contributed by atoms with Crippen LogP contribution in [0.15, 0.2) is 36.4 Å². The first kappa shape index (κ1) is 21.3. The molecule has 0 saturated carbocycles. The largest absolute Gasteiger partial charge is 0.507 e. The Morgan fingerprint density at radius 3 is 1.72 bits per heavy atom. The molecule has 0 saturated heterocycles. The Balaban J connectivity index is 0.00000312. The second-order valence-corrected chi connectivity index (χ2v) is 8.40. The van der Waals surface area contributed by atoms with Gasteiger partial charge in [0.05, 0.1) is 0 Å². The molecule has 0 aliphatic rings. The summed E-state index contributed by atoms with van der Waals surface area (Å²) in [5.41, 5.74) is 3.52. The maximum atomic E-state index is 13.0. The lowest BCUT2D eigenvalue weighted by atomic mass is 9.79. The fourth-order valence-corrected chi connectivity index (χ4v) is 2.69. The second-order valence-electron chi connectivity index (χ2n) is 8.40. The van der Waals surface area contributed by atoms with Crippen molar-refractivity contribution in [3.05, 3.63) is 58.9 Å². The van der Waals surface area contributed by atoms with Crippen LogP contribution in [0, 0.1) is 5.82 Å². The van der Waals surface area contributed by atoms with Gasteiger partial charge in [0.25, 0.3) is 0 Å². The maximum absolute atomic E-state index is 13.0. The van der Waals surface area contributed by atoms with E-state index in [1.54, 1.807) is 12.1 Å². The number of hydrogen-bond donors (Lipinski definition) is 2. The highest BCUT2D eigenvalue weighted by Crippen LogP contribution is 2.41. The van der Waals surface area contributed by atoms with Gasteiger partial charge in [0.1, 0.15) is 11.6 Å². The topological polar surface area (TPSA) is 32.3 Å². The van der Waals surface area contributed by atoms with Crippen LogP contribution >= 0.6 is 12.4 Å². The summed E-state index contributed by atoms with van der Waals surface area (Å²) < 4.78 is 13.0. The third-order valence-electron chi connectivity index (χ3n) is 4.14. The van der Waals surface area contributed by atoms with Crippen LogP contribution in [0.25, 0.3) is 0 Å². The number of anilines is 1. The van der Waals surface area contributed by atoms with Crippen molar-refractivity contribution >= 4 is 18.1 Å². The number of phenols is 1. The van der Waals surface area contributed by atoms with E-state index in [4.69, 9.17) is 0 Å². The number of hydrogen-bond acceptors (Lipinski definition) is 2. The zero-order chi connectivity index (χ0) is 18.1. The van der Waals surface area contributed by atoms with Crippen molar-refractivity contribution in [3.63, 3.8) is 0 Å². The van der Waals surface area contributed by atoms with E-state index in [1.165, 1.54) is 12.1 Å². The van der Waals surface area contributed by atoms with Gasteiger partial charge >= 0.3 is 0 Å². The average molecular weight is 366 g/mol. The van der Waals surface area contributed by atoms with Gasteiger partial charge in [0, 0.05) is 23.4 Å². The maximum Gasteiger partial charge on any atom is 0.123 e. The molecule has 0 bridgehead atoms. The summed E-state index contributed by atoms with van der Waals surface area (Å²) in [6, 6.07) is 10.5. The Morgan fingerprint density at radius 2 is 1.32 bits per heavy atom. The summed E-state index contributed by atoms with van der Waals surface area (Å²) in [4.78, 5) is 0. The van der Waals surface area contributed by atoms with Crippen molar-refractivity contribution in [2.75, 3.05) is 5.32 Å². The van der Waals surface area contributed by atoms with Crippen LogP contribution in [0.1, 0.15) is 58.2 Å². The molecule has 2 N–H and O–H groups in total. The fraction of sp³-hybridized carbons (Fsp3) is 0.429. The smallest absolute Gasteiger partial charge is 0.123 e. The number of halogens is 2. The minimum absolute atomic E-state index is 0. The quantitative estimate of drug-likeness (QED) is 0.638. The Hall–Kier alpha value is -1.74. The van der Waals surface area contributed by atoms with Crippen molar-refractivity contribution < 1.29 is 9.50 Å². The zero-order valence-electron chi connectivity index (χ0n) is 15.9. The van der Waals surface area contributed by atoms with Crippen LogP contribution in [0.4, 0.5) is 10.1 Å². The summed E-state index contributed by atoms with van der Waals surface area (Å²) in [5.74, 6) is 0.149. The highest BCUT2D eigenvalue weighted by atomic mass is 35.5. The molecule has 0 heterocycles. The molecule has 0 radical (unpaired) electrons. The van der Waals surface area contributed by atoms with Crippen molar-refractivity contribution in [1.29, 1.82) is 0 Å². The highest BCUT2D eigenvalue weighted by Gasteiger charge is 2.26. The van der Waals surface area contributed by atoms with Gasteiger partial charge in [-0.2, -0.15) is 0 Å². The van der Waals surface area contributed by atoms with Crippen molar-refractivity contribution in [2.45, 2.75) is 58.9 Å². The summed E-state index contributed by atoms with van der Waals surface area (Å²) >= 11 is 0. The summed E-state index contributed by atoms with van der Waals surface area (Å²) in [6.07, 6.45) is 0. The van der Waals surface area contributed by atoms with E-state index < -0.39 is 0 Å². The molecule has 0 aromatic heterocycles. The normalized spacial score (nSPS) is 11.8. The molecule has 0 aliphatic heterocycles. The first-order valence-electron chi connectivity index (χ1n) is 8.35. The molecule has 0 spiro atoms. The Morgan fingerprint density at radius 1 is 0.880 bits per heavy atom. The van der Waals surface area contributed by atoms with Gasteiger partial charge < -0.3 is 10.4 Å². The molecule has 2 aromatic rings. The molecular weight excluding hydrogens is 337 g/mol. The third-order valence-corrected chi connectivity index (χ3v) is 4.14. The number of benzene rings is 2. The van der Waals surface area contributed by atoms with E-state index in [0.29, 0.717) is 12.3 Å². The lowest BCUT2D eigenvalue weighted by molar-refractivity contribution is 0.423. The first-order chi connectivity index (χ1) is 11.0. The van der Waals surface area contributed by atoms with Gasteiger partial charge in [-0.3, -0.25) is 0 Å². The number of phenolic OH excluding ortho intramolecular Hbond substituents is 1. The fourth-order valence-electron chi connectivity index (χ4n) is 2.69. The SMILES string of the molecule is CC(C)(C)c1cc(NCc2ccc(F)cc2)cc(C(C)(C)C)c1O.Cl. The highest BCUT2D eigenvalue weighted by molar-refractivity contribution is 5.85. The molecule has 2 aromatic carbocycles. The molecule has 0 aliphatic carbocycles. The average Bonchev–Trinajstić information content (AvgIpc) is 2.45. The lowest BCUT2D eigenvalue weighted by Gasteiger charge is -2.28. The minimum Gasteiger partial charge on any atom is -0.507 e. The van der Waals surface area contributed by atoms with E-state index in [0.717, 1.165) is 22.4 Å². The second kappa shape index (κ2) is 7.65. The lowest BCUT2D eigenvalue weighted by Crippen LogP contribution is -2.18. The molecule has 0 atom stereocenters. The van der Waals surface area contributed by atoms with E-state index in [2.05, 4.69) is 46.9 Å². The van der Waals surface area contributed by atoms with Crippen LogP contribution in [0.5, 0.6) is 5.75 Å². The van der Waals surface area contributed by atoms with Crippen LogP contribution < -0.4 is 5.32 Å². The van der Waals surface area contributed by atoms with Gasteiger partial charge in [-0.25, -0.2) is 4.39 Å². The van der Waals surface area contributed by atoms with Crippen LogP contribution in [0.3, 0.4) is 0 Å². The van der Waals surface area contributed by atoms with Crippen LogP contribution in [-0.2, 0) is 17.4 Å². The minimum atomic E-state index is -0.228. The zero-order valence-corrected chi connectivity index (χ0v) is 16.7. The predicted molar refractivity (Wildman–Crippen MR) is 106 cm³/mol. The molecule has 4 heteroatoms.